The first-order valence-corrected chi connectivity index (χ1v) is 11.4. The summed E-state index contributed by atoms with van der Waals surface area (Å²) >= 11 is 0. The van der Waals surface area contributed by atoms with Crippen LogP contribution in [0, 0.1) is 0 Å². The van der Waals surface area contributed by atoms with Gasteiger partial charge >= 0.3 is 0 Å². The summed E-state index contributed by atoms with van der Waals surface area (Å²) in [6.07, 6.45) is 1.78. The Morgan fingerprint density at radius 3 is 2.40 bits per heavy atom. The molecule has 35 heavy (non-hydrogen) atoms. The number of hydrogen-bond donors (Lipinski definition) is 1. The van der Waals surface area contributed by atoms with Crippen LogP contribution in [0.15, 0.2) is 89.5 Å². The van der Waals surface area contributed by atoms with E-state index in [1.54, 1.807) is 18.2 Å². The largest absolute Gasteiger partial charge is 0.490 e. The molecule has 1 aliphatic rings. The van der Waals surface area contributed by atoms with E-state index in [1.165, 1.54) is 5.01 Å². The monoisotopic (exact) mass is 469 g/mol. The molecule has 0 aromatic heterocycles. The lowest BCUT2D eigenvalue weighted by molar-refractivity contribution is -0.123. The molecule has 1 heterocycles. The SMILES string of the molecule is CCOc1cc(/C=C2\C(=O)N(c3ccccc3)N=C2C)ccc1OCC(=O)NCc1ccccc1. The van der Waals surface area contributed by atoms with E-state index in [4.69, 9.17) is 9.47 Å². The van der Waals surface area contributed by atoms with Crippen molar-refractivity contribution >= 4 is 29.3 Å². The van der Waals surface area contributed by atoms with Gasteiger partial charge in [-0.3, -0.25) is 9.59 Å². The van der Waals surface area contributed by atoms with Gasteiger partial charge in [-0.15, -0.1) is 0 Å². The molecule has 0 saturated heterocycles. The summed E-state index contributed by atoms with van der Waals surface area (Å²) < 4.78 is 11.5. The molecule has 1 N–H and O–H groups in total. The van der Waals surface area contributed by atoms with Crippen molar-refractivity contribution in [1.29, 1.82) is 0 Å². The zero-order chi connectivity index (χ0) is 24.6. The molecule has 2 amide bonds. The predicted octanol–water partition coefficient (Wildman–Crippen LogP) is 4.59. The topological polar surface area (TPSA) is 80.2 Å². The van der Waals surface area contributed by atoms with Gasteiger partial charge in [-0.05, 0) is 55.3 Å². The van der Waals surface area contributed by atoms with E-state index in [2.05, 4.69) is 10.4 Å². The van der Waals surface area contributed by atoms with Gasteiger partial charge in [-0.1, -0.05) is 54.6 Å². The quantitative estimate of drug-likeness (QED) is 0.465. The summed E-state index contributed by atoms with van der Waals surface area (Å²) in [7, 11) is 0. The number of carbonyl (C=O) groups is 2. The van der Waals surface area contributed by atoms with Crippen molar-refractivity contribution in [2.45, 2.75) is 20.4 Å². The minimum absolute atomic E-state index is 0.135. The van der Waals surface area contributed by atoms with Crippen LogP contribution in [0.1, 0.15) is 25.0 Å². The molecule has 0 unspecified atom stereocenters. The minimum Gasteiger partial charge on any atom is -0.490 e. The van der Waals surface area contributed by atoms with Crippen LogP contribution in [0.2, 0.25) is 0 Å². The van der Waals surface area contributed by atoms with Gasteiger partial charge in [0.15, 0.2) is 18.1 Å². The molecule has 0 aliphatic carbocycles. The molecule has 178 valence electrons. The first kappa shape index (κ1) is 23.8. The third-order valence-electron chi connectivity index (χ3n) is 5.33. The number of nitrogens with one attached hydrogen (secondary N) is 1. The number of ether oxygens (including phenoxy) is 2. The van der Waals surface area contributed by atoms with E-state index in [9.17, 15) is 9.59 Å². The van der Waals surface area contributed by atoms with Gasteiger partial charge in [0.25, 0.3) is 11.8 Å². The van der Waals surface area contributed by atoms with Gasteiger partial charge in [0.1, 0.15) is 0 Å². The van der Waals surface area contributed by atoms with Gasteiger partial charge in [0.05, 0.1) is 23.6 Å². The molecule has 0 radical (unpaired) electrons. The highest BCUT2D eigenvalue weighted by Gasteiger charge is 2.28. The number of para-hydroxylation sites is 1. The Balaban J connectivity index is 1.44. The first-order chi connectivity index (χ1) is 17.0. The van der Waals surface area contributed by atoms with Crippen molar-refractivity contribution < 1.29 is 19.1 Å². The first-order valence-electron chi connectivity index (χ1n) is 11.4. The molecule has 7 nitrogen and oxygen atoms in total. The standard InChI is InChI=1S/C28H27N3O4/c1-3-34-26-17-22(16-24-20(2)30-31(28(24)33)23-12-8-5-9-13-23)14-15-25(26)35-19-27(32)29-18-21-10-6-4-7-11-21/h4-17H,3,18-19H2,1-2H3,(H,29,32)/b24-16-. The second kappa shape index (κ2) is 11.2. The van der Waals surface area contributed by atoms with E-state index in [0.29, 0.717) is 41.6 Å². The number of benzene rings is 3. The minimum atomic E-state index is -0.230. The smallest absolute Gasteiger partial charge is 0.280 e. The van der Waals surface area contributed by atoms with E-state index < -0.39 is 0 Å². The fourth-order valence-electron chi connectivity index (χ4n) is 3.59. The molecule has 4 rings (SSSR count). The predicted molar refractivity (Wildman–Crippen MR) is 136 cm³/mol. The highest BCUT2D eigenvalue weighted by atomic mass is 16.5. The Kier molecular flexibility index (Phi) is 7.57. The van der Waals surface area contributed by atoms with Gasteiger partial charge < -0.3 is 14.8 Å². The van der Waals surface area contributed by atoms with E-state index >= 15 is 0 Å². The normalized spacial score (nSPS) is 14.1. The number of amides is 2. The highest BCUT2D eigenvalue weighted by Crippen LogP contribution is 2.31. The Morgan fingerprint density at radius 1 is 0.971 bits per heavy atom. The van der Waals surface area contributed by atoms with E-state index in [1.807, 2.05) is 80.6 Å². The maximum absolute atomic E-state index is 13.0. The molecule has 3 aromatic carbocycles. The zero-order valence-electron chi connectivity index (χ0n) is 19.7. The second-order valence-electron chi connectivity index (χ2n) is 7.89. The molecule has 0 atom stereocenters. The maximum Gasteiger partial charge on any atom is 0.280 e. The fourth-order valence-corrected chi connectivity index (χ4v) is 3.59. The van der Waals surface area contributed by atoms with Crippen LogP contribution in [0.25, 0.3) is 6.08 Å². The number of hydrogen-bond acceptors (Lipinski definition) is 5. The number of hydrazone groups is 1. The van der Waals surface area contributed by atoms with Crippen LogP contribution in [0.5, 0.6) is 11.5 Å². The average molecular weight is 470 g/mol. The van der Waals surface area contributed by atoms with Gasteiger partial charge in [0.2, 0.25) is 0 Å². The Morgan fingerprint density at radius 2 is 1.69 bits per heavy atom. The highest BCUT2D eigenvalue weighted by molar-refractivity contribution is 6.32. The lowest BCUT2D eigenvalue weighted by Gasteiger charge is -2.13. The fraction of sp³-hybridized carbons (Fsp3) is 0.179. The average Bonchev–Trinajstić information content (AvgIpc) is 3.16. The molecule has 7 heteroatoms. The van der Waals surface area contributed by atoms with Crippen molar-refractivity contribution in [3.8, 4) is 11.5 Å². The summed E-state index contributed by atoms with van der Waals surface area (Å²) in [4.78, 5) is 25.2. The van der Waals surface area contributed by atoms with Crippen molar-refractivity contribution in [2.75, 3.05) is 18.2 Å². The number of anilines is 1. The summed E-state index contributed by atoms with van der Waals surface area (Å²) in [5.41, 5.74) is 3.63. The molecule has 0 saturated carbocycles. The zero-order valence-corrected chi connectivity index (χ0v) is 19.7. The van der Waals surface area contributed by atoms with Crippen molar-refractivity contribution in [3.05, 3.63) is 95.6 Å². The summed E-state index contributed by atoms with van der Waals surface area (Å²) in [5, 5.41) is 8.65. The van der Waals surface area contributed by atoms with Crippen molar-refractivity contribution in [1.82, 2.24) is 5.32 Å². The Bertz CT molecular complexity index is 1250. The van der Waals surface area contributed by atoms with Crippen molar-refractivity contribution in [2.24, 2.45) is 5.10 Å². The molecule has 1 aliphatic heterocycles. The van der Waals surface area contributed by atoms with Crippen LogP contribution in [-0.4, -0.2) is 30.7 Å². The third kappa shape index (κ3) is 5.95. The summed E-state index contributed by atoms with van der Waals surface area (Å²) in [5.74, 6) is 0.532. The number of rotatable bonds is 9. The summed E-state index contributed by atoms with van der Waals surface area (Å²) in [6.45, 7) is 4.41. The molecule has 0 fully saturated rings. The van der Waals surface area contributed by atoms with Crippen LogP contribution in [0.3, 0.4) is 0 Å². The van der Waals surface area contributed by atoms with Crippen LogP contribution in [0.4, 0.5) is 5.69 Å². The number of carbonyl (C=O) groups excluding carboxylic acids is 2. The molecule has 3 aromatic rings. The molecule has 0 spiro atoms. The maximum atomic E-state index is 13.0. The van der Waals surface area contributed by atoms with Gasteiger partial charge in [0, 0.05) is 6.54 Å². The van der Waals surface area contributed by atoms with E-state index in [-0.39, 0.29) is 18.4 Å². The molecule has 0 bridgehead atoms. The summed E-state index contributed by atoms with van der Waals surface area (Å²) in [6, 6.07) is 24.3. The van der Waals surface area contributed by atoms with E-state index in [0.717, 1.165) is 11.1 Å². The van der Waals surface area contributed by atoms with Crippen molar-refractivity contribution in [3.63, 3.8) is 0 Å². The Hall–Kier alpha value is -4.39. The van der Waals surface area contributed by atoms with Gasteiger partial charge in [-0.25, -0.2) is 0 Å². The lowest BCUT2D eigenvalue weighted by atomic mass is 10.1. The third-order valence-corrected chi connectivity index (χ3v) is 5.33. The van der Waals surface area contributed by atoms with Gasteiger partial charge in [-0.2, -0.15) is 10.1 Å². The second-order valence-corrected chi connectivity index (χ2v) is 7.89. The lowest BCUT2D eigenvalue weighted by Crippen LogP contribution is -2.28. The molecular formula is C28H27N3O4. The number of nitrogens with zero attached hydrogens (tertiary/aromatic N) is 2. The molecular weight excluding hydrogens is 442 g/mol. The van der Waals surface area contributed by atoms with Crippen LogP contribution >= 0.6 is 0 Å². The Labute approximate surface area is 204 Å². The van der Waals surface area contributed by atoms with Crippen LogP contribution in [-0.2, 0) is 16.1 Å². The van der Waals surface area contributed by atoms with Crippen LogP contribution < -0.4 is 19.8 Å².